The molecule has 0 aromatic heterocycles. The van der Waals surface area contributed by atoms with Crippen LogP contribution in [0.25, 0.3) is 0 Å². The molecule has 1 unspecified atom stereocenters. The van der Waals surface area contributed by atoms with E-state index in [2.05, 4.69) is 10.6 Å². The molecule has 1 aromatic carbocycles. The molecule has 23 heavy (non-hydrogen) atoms. The molecule has 0 radical (unpaired) electrons. The molecule has 6 nitrogen and oxygen atoms in total. The summed E-state index contributed by atoms with van der Waals surface area (Å²) in [6, 6.07) is 6.34. The lowest BCUT2D eigenvalue weighted by molar-refractivity contribution is -0.114. The zero-order valence-corrected chi connectivity index (χ0v) is 15.0. The first-order chi connectivity index (χ1) is 10.4. The lowest BCUT2D eigenvalue weighted by Crippen LogP contribution is -2.41. The van der Waals surface area contributed by atoms with E-state index in [4.69, 9.17) is 0 Å². The minimum atomic E-state index is -3.51. The first kappa shape index (κ1) is 19.9. The van der Waals surface area contributed by atoms with Crippen molar-refractivity contribution in [3.8, 4) is 0 Å². The third kappa shape index (κ3) is 4.91. The van der Waals surface area contributed by atoms with Gasteiger partial charge < -0.3 is 10.6 Å². The van der Waals surface area contributed by atoms with Crippen LogP contribution in [0.1, 0.15) is 26.7 Å². The molecule has 2 N–H and O–H groups in total. The molecule has 130 valence electrons. The van der Waals surface area contributed by atoms with E-state index in [0.717, 1.165) is 19.4 Å². The molecular weight excluding hydrogens is 338 g/mol. The highest BCUT2D eigenvalue weighted by atomic mass is 35.5. The Balaban J connectivity index is 0.00000264. The lowest BCUT2D eigenvalue weighted by atomic mass is 10.2. The van der Waals surface area contributed by atoms with Gasteiger partial charge in [-0.05, 0) is 43.7 Å². The number of amides is 1. The van der Waals surface area contributed by atoms with E-state index >= 15 is 0 Å². The maximum absolute atomic E-state index is 12.9. The van der Waals surface area contributed by atoms with Crippen molar-refractivity contribution in [2.75, 3.05) is 25.0 Å². The van der Waals surface area contributed by atoms with Gasteiger partial charge in [0.2, 0.25) is 15.9 Å². The maximum atomic E-state index is 12.9. The molecule has 1 atom stereocenters. The number of sulfonamides is 1. The number of nitrogens with one attached hydrogen (secondary N) is 2. The topological polar surface area (TPSA) is 78.5 Å². The second-order valence-corrected chi connectivity index (χ2v) is 7.36. The van der Waals surface area contributed by atoms with Crippen molar-refractivity contribution in [3.63, 3.8) is 0 Å². The molecule has 1 heterocycles. The number of hydrogen-bond acceptors (Lipinski definition) is 4. The first-order valence-corrected chi connectivity index (χ1v) is 8.99. The predicted molar refractivity (Wildman–Crippen MR) is 93.5 cm³/mol. The van der Waals surface area contributed by atoms with Crippen molar-refractivity contribution < 1.29 is 13.2 Å². The Morgan fingerprint density at radius 1 is 1.35 bits per heavy atom. The number of halogens is 1. The molecule has 1 fully saturated rings. The normalized spacial score (nSPS) is 17.8. The molecule has 0 spiro atoms. The number of anilines is 1. The summed E-state index contributed by atoms with van der Waals surface area (Å²) in [5.41, 5.74) is 0.594. The fraction of sp³-hybridized carbons (Fsp3) is 0.533. The molecule has 0 aliphatic carbocycles. The average Bonchev–Trinajstić information content (AvgIpc) is 2.98. The Hall–Kier alpha value is -1.15. The van der Waals surface area contributed by atoms with Gasteiger partial charge in [0.15, 0.2) is 0 Å². The quantitative estimate of drug-likeness (QED) is 0.810. The fourth-order valence-corrected chi connectivity index (χ4v) is 4.40. The number of rotatable bonds is 6. The van der Waals surface area contributed by atoms with E-state index in [9.17, 15) is 13.2 Å². The molecule has 1 aliphatic heterocycles. The molecule has 1 aliphatic rings. The largest absolute Gasteiger partial charge is 0.326 e. The van der Waals surface area contributed by atoms with E-state index in [1.54, 1.807) is 28.6 Å². The van der Waals surface area contributed by atoms with Crippen LogP contribution >= 0.6 is 12.4 Å². The monoisotopic (exact) mass is 361 g/mol. The number of carbonyl (C=O) groups is 1. The van der Waals surface area contributed by atoms with Crippen LogP contribution in [0.5, 0.6) is 0 Å². The minimum absolute atomic E-state index is 0. The zero-order valence-electron chi connectivity index (χ0n) is 13.4. The van der Waals surface area contributed by atoms with Crippen molar-refractivity contribution in [3.05, 3.63) is 24.3 Å². The van der Waals surface area contributed by atoms with Crippen LogP contribution in [0.3, 0.4) is 0 Å². The minimum Gasteiger partial charge on any atom is -0.326 e. The van der Waals surface area contributed by atoms with Crippen molar-refractivity contribution >= 4 is 34.0 Å². The fourth-order valence-electron chi connectivity index (χ4n) is 2.65. The Labute approximate surface area is 144 Å². The van der Waals surface area contributed by atoms with Gasteiger partial charge in [-0.2, -0.15) is 4.31 Å². The molecule has 2 rings (SSSR count). The van der Waals surface area contributed by atoms with Crippen molar-refractivity contribution in [1.82, 2.24) is 9.62 Å². The van der Waals surface area contributed by atoms with Crippen LogP contribution in [-0.2, 0) is 14.8 Å². The van der Waals surface area contributed by atoms with Crippen LogP contribution in [0, 0.1) is 0 Å². The summed E-state index contributed by atoms with van der Waals surface area (Å²) in [7, 11) is -3.51. The van der Waals surface area contributed by atoms with Crippen LogP contribution < -0.4 is 10.6 Å². The molecule has 8 heteroatoms. The number of benzene rings is 1. The molecule has 0 saturated carbocycles. The van der Waals surface area contributed by atoms with E-state index in [-0.39, 0.29) is 29.3 Å². The summed E-state index contributed by atoms with van der Waals surface area (Å²) in [5, 5.41) is 5.85. The molecule has 1 saturated heterocycles. The molecule has 0 bridgehead atoms. The number of nitrogens with zero attached hydrogens (tertiary/aromatic N) is 1. The van der Waals surface area contributed by atoms with Gasteiger partial charge in [0, 0.05) is 31.7 Å². The van der Waals surface area contributed by atoms with Crippen molar-refractivity contribution in [2.24, 2.45) is 0 Å². The Morgan fingerprint density at radius 2 is 2.00 bits per heavy atom. The molecule has 1 amide bonds. The van der Waals surface area contributed by atoms with E-state index < -0.39 is 10.0 Å². The van der Waals surface area contributed by atoms with Gasteiger partial charge >= 0.3 is 0 Å². The highest BCUT2D eigenvalue weighted by Crippen LogP contribution is 2.23. The summed E-state index contributed by atoms with van der Waals surface area (Å²) in [5.74, 6) is -0.180. The van der Waals surface area contributed by atoms with E-state index in [1.807, 2.05) is 6.92 Å². The van der Waals surface area contributed by atoms with E-state index in [0.29, 0.717) is 18.8 Å². The lowest BCUT2D eigenvalue weighted by Gasteiger charge is -2.27. The summed E-state index contributed by atoms with van der Waals surface area (Å²) in [4.78, 5) is 11.3. The van der Waals surface area contributed by atoms with Crippen molar-refractivity contribution in [1.29, 1.82) is 0 Å². The molecule has 1 aromatic rings. The smallest absolute Gasteiger partial charge is 0.243 e. The second-order valence-electron chi connectivity index (χ2n) is 5.47. The third-order valence-electron chi connectivity index (χ3n) is 3.67. The van der Waals surface area contributed by atoms with Gasteiger partial charge in [-0.25, -0.2) is 8.42 Å². The molecular formula is C15H24ClN3O3S. The van der Waals surface area contributed by atoms with Crippen LogP contribution in [0.15, 0.2) is 29.2 Å². The zero-order chi connectivity index (χ0) is 16.2. The predicted octanol–water partition coefficient (Wildman–Crippen LogP) is 1.83. The van der Waals surface area contributed by atoms with Gasteiger partial charge in [0.25, 0.3) is 0 Å². The van der Waals surface area contributed by atoms with Crippen molar-refractivity contribution in [2.45, 2.75) is 37.6 Å². The van der Waals surface area contributed by atoms with Crippen LogP contribution in [0.4, 0.5) is 5.69 Å². The summed E-state index contributed by atoms with van der Waals surface area (Å²) in [6.07, 6.45) is 1.61. The van der Waals surface area contributed by atoms with E-state index in [1.165, 1.54) is 6.92 Å². The number of carbonyl (C=O) groups excluding carboxylic acids is 1. The SMILES string of the molecule is CCCN(C1CCNC1)S(=O)(=O)c1ccc(NC(C)=O)cc1.Cl. The standard InChI is InChI=1S/C15H23N3O3S.ClH/c1-3-10-18(14-8-9-16-11-14)22(20,21)15-6-4-13(5-7-15)17-12(2)19;/h4-7,14,16H,3,8-11H2,1-2H3,(H,17,19);1H. The first-order valence-electron chi connectivity index (χ1n) is 7.55. The highest BCUT2D eigenvalue weighted by Gasteiger charge is 2.32. The summed E-state index contributed by atoms with van der Waals surface area (Å²) < 4.78 is 27.3. The van der Waals surface area contributed by atoms with Gasteiger partial charge in [-0.1, -0.05) is 6.92 Å². The Bertz CT molecular complexity index is 613. The van der Waals surface area contributed by atoms with Crippen LogP contribution in [0.2, 0.25) is 0 Å². The number of hydrogen-bond donors (Lipinski definition) is 2. The summed E-state index contributed by atoms with van der Waals surface area (Å²) >= 11 is 0. The second kappa shape index (κ2) is 8.63. The highest BCUT2D eigenvalue weighted by molar-refractivity contribution is 7.89. The van der Waals surface area contributed by atoms with Gasteiger partial charge in [0.05, 0.1) is 4.90 Å². The average molecular weight is 362 g/mol. The van der Waals surface area contributed by atoms with Gasteiger partial charge in [0.1, 0.15) is 0 Å². The summed E-state index contributed by atoms with van der Waals surface area (Å²) in [6.45, 7) is 5.46. The van der Waals surface area contributed by atoms with Crippen LogP contribution in [-0.4, -0.2) is 44.3 Å². The van der Waals surface area contributed by atoms with Gasteiger partial charge in [-0.15, -0.1) is 12.4 Å². The maximum Gasteiger partial charge on any atom is 0.243 e. The Morgan fingerprint density at radius 3 is 2.48 bits per heavy atom. The van der Waals surface area contributed by atoms with Gasteiger partial charge in [-0.3, -0.25) is 4.79 Å². The third-order valence-corrected chi connectivity index (χ3v) is 5.63. The Kier molecular flexibility index (Phi) is 7.47.